The number of hydrogen-bond acceptors (Lipinski definition) is 4. The number of nitrogens with one attached hydrogen (secondary N) is 2. The van der Waals surface area contributed by atoms with Gasteiger partial charge in [-0.3, -0.25) is 0 Å². The van der Waals surface area contributed by atoms with Crippen molar-refractivity contribution < 1.29 is 9.90 Å². The van der Waals surface area contributed by atoms with Crippen LogP contribution in [0.2, 0.25) is 0 Å². The molecule has 0 saturated carbocycles. The monoisotopic (exact) mass is 285 g/mol. The Labute approximate surface area is 118 Å². The minimum Gasteiger partial charge on any atom is -0.396 e. The Morgan fingerprint density at radius 2 is 2.16 bits per heavy atom. The van der Waals surface area contributed by atoms with E-state index in [1.54, 1.807) is 11.3 Å². The van der Waals surface area contributed by atoms with Gasteiger partial charge in [0.05, 0.1) is 12.2 Å². The second-order valence-corrected chi connectivity index (χ2v) is 6.23. The molecule has 0 saturated heterocycles. The Hall–Kier alpha value is -1.14. The molecule has 1 rings (SSSR count). The van der Waals surface area contributed by atoms with Gasteiger partial charge in [-0.2, -0.15) is 0 Å². The summed E-state index contributed by atoms with van der Waals surface area (Å²) in [4.78, 5) is 17.4. The van der Waals surface area contributed by atoms with Crippen LogP contribution in [-0.4, -0.2) is 28.3 Å². The molecule has 0 aliphatic heterocycles. The van der Waals surface area contributed by atoms with Gasteiger partial charge in [-0.15, -0.1) is 11.3 Å². The molecule has 1 heterocycles. The SMILES string of the molecule is CCC(C)(CCO)NC(=O)NCc1nc(C)c(C)s1. The summed E-state index contributed by atoms with van der Waals surface area (Å²) in [6.45, 7) is 8.40. The molecule has 1 aromatic heterocycles. The van der Waals surface area contributed by atoms with E-state index in [-0.39, 0.29) is 18.2 Å². The fourth-order valence-electron chi connectivity index (χ4n) is 1.66. The van der Waals surface area contributed by atoms with Crippen molar-refractivity contribution in [2.24, 2.45) is 0 Å². The molecular formula is C13H23N3O2S. The standard InChI is InChI=1S/C13H23N3O2S/c1-5-13(4,6-7-17)16-12(18)14-8-11-15-9(2)10(3)19-11/h17H,5-8H2,1-4H3,(H2,14,16,18). The van der Waals surface area contributed by atoms with Crippen LogP contribution in [0, 0.1) is 13.8 Å². The normalized spacial score (nSPS) is 13.9. The molecule has 0 bridgehead atoms. The Bertz CT molecular complexity index is 414. The third-order valence-electron chi connectivity index (χ3n) is 3.33. The van der Waals surface area contributed by atoms with Crippen LogP contribution >= 0.6 is 11.3 Å². The zero-order chi connectivity index (χ0) is 14.5. The molecule has 1 unspecified atom stereocenters. The molecule has 0 fully saturated rings. The summed E-state index contributed by atoms with van der Waals surface area (Å²) in [7, 11) is 0. The molecule has 1 aromatic rings. The number of aromatic nitrogens is 1. The van der Waals surface area contributed by atoms with E-state index in [2.05, 4.69) is 15.6 Å². The van der Waals surface area contributed by atoms with Gasteiger partial charge in [-0.25, -0.2) is 9.78 Å². The summed E-state index contributed by atoms with van der Waals surface area (Å²) in [6, 6.07) is -0.219. The maximum absolute atomic E-state index is 11.8. The van der Waals surface area contributed by atoms with Gasteiger partial charge < -0.3 is 15.7 Å². The van der Waals surface area contributed by atoms with Gasteiger partial charge >= 0.3 is 6.03 Å². The molecule has 2 amide bonds. The highest BCUT2D eigenvalue weighted by atomic mass is 32.1. The second kappa shape index (κ2) is 6.86. The van der Waals surface area contributed by atoms with E-state index in [4.69, 9.17) is 5.11 Å². The topological polar surface area (TPSA) is 74.2 Å². The lowest BCUT2D eigenvalue weighted by Crippen LogP contribution is -2.50. The van der Waals surface area contributed by atoms with Gasteiger partial charge in [0.25, 0.3) is 0 Å². The van der Waals surface area contributed by atoms with Crippen molar-refractivity contribution in [3.8, 4) is 0 Å². The van der Waals surface area contributed by atoms with Gasteiger partial charge in [-0.1, -0.05) is 6.92 Å². The summed E-state index contributed by atoms with van der Waals surface area (Å²) in [6.07, 6.45) is 1.32. The van der Waals surface area contributed by atoms with Crippen LogP contribution in [0.1, 0.15) is 42.3 Å². The van der Waals surface area contributed by atoms with Crippen LogP contribution in [0.5, 0.6) is 0 Å². The molecular weight excluding hydrogens is 262 g/mol. The molecule has 19 heavy (non-hydrogen) atoms. The number of aliphatic hydroxyl groups excluding tert-OH is 1. The van der Waals surface area contributed by atoms with Gasteiger partial charge in [0.2, 0.25) is 0 Å². The molecule has 5 nitrogen and oxygen atoms in total. The summed E-state index contributed by atoms with van der Waals surface area (Å²) < 4.78 is 0. The van der Waals surface area contributed by atoms with E-state index >= 15 is 0 Å². The first-order chi connectivity index (χ1) is 8.90. The summed E-state index contributed by atoms with van der Waals surface area (Å²) in [5, 5.41) is 15.6. The number of urea groups is 1. The summed E-state index contributed by atoms with van der Waals surface area (Å²) >= 11 is 1.60. The smallest absolute Gasteiger partial charge is 0.315 e. The van der Waals surface area contributed by atoms with Crippen molar-refractivity contribution in [3.63, 3.8) is 0 Å². The van der Waals surface area contributed by atoms with E-state index in [1.165, 1.54) is 4.88 Å². The van der Waals surface area contributed by atoms with Crippen LogP contribution in [0.4, 0.5) is 4.79 Å². The maximum atomic E-state index is 11.8. The molecule has 6 heteroatoms. The molecule has 0 spiro atoms. The Morgan fingerprint density at radius 1 is 1.47 bits per heavy atom. The van der Waals surface area contributed by atoms with Crippen molar-refractivity contribution in [3.05, 3.63) is 15.6 Å². The quantitative estimate of drug-likeness (QED) is 0.749. The van der Waals surface area contributed by atoms with Crippen LogP contribution < -0.4 is 10.6 Å². The lowest BCUT2D eigenvalue weighted by Gasteiger charge is -2.28. The fraction of sp³-hybridized carbons (Fsp3) is 0.692. The van der Waals surface area contributed by atoms with Gasteiger partial charge in [0.1, 0.15) is 5.01 Å². The first-order valence-corrected chi connectivity index (χ1v) is 7.31. The summed E-state index contributed by atoms with van der Waals surface area (Å²) in [5.41, 5.74) is 0.647. The van der Waals surface area contributed by atoms with Crippen LogP contribution in [-0.2, 0) is 6.54 Å². The zero-order valence-electron chi connectivity index (χ0n) is 12.0. The number of aliphatic hydroxyl groups is 1. The molecule has 1 atom stereocenters. The van der Waals surface area contributed by atoms with E-state index in [9.17, 15) is 4.79 Å². The molecule has 0 aromatic carbocycles. The minimum absolute atomic E-state index is 0.0650. The van der Waals surface area contributed by atoms with E-state index in [0.29, 0.717) is 13.0 Å². The van der Waals surface area contributed by atoms with Crippen molar-refractivity contribution in [2.75, 3.05) is 6.61 Å². The molecule has 0 aliphatic carbocycles. The molecule has 0 radical (unpaired) electrons. The van der Waals surface area contributed by atoms with E-state index < -0.39 is 0 Å². The lowest BCUT2D eigenvalue weighted by molar-refractivity contribution is 0.200. The highest BCUT2D eigenvalue weighted by Crippen LogP contribution is 2.16. The number of rotatable bonds is 6. The highest BCUT2D eigenvalue weighted by molar-refractivity contribution is 7.11. The van der Waals surface area contributed by atoms with Gasteiger partial charge in [-0.05, 0) is 33.6 Å². The Kier molecular flexibility index (Phi) is 5.75. The molecule has 0 aliphatic rings. The Balaban J connectivity index is 2.47. The number of carbonyl (C=O) groups is 1. The number of carbonyl (C=O) groups excluding carboxylic acids is 1. The van der Waals surface area contributed by atoms with Crippen LogP contribution in [0.25, 0.3) is 0 Å². The highest BCUT2D eigenvalue weighted by Gasteiger charge is 2.23. The number of nitrogens with zero attached hydrogens (tertiary/aromatic N) is 1. The van der Waals surface area contributed by atoms with Crippen molar-refractivity contribution in [1.82, 2.24) is 15.6 Å². The minimum atomic E-state index is -0.368. The van der Waals surface area contributed by atoms with E-state index in [1.807, 2.05) is 27.7 Å². The molecule has 3 N–H and O–H groups in total. The molecule has 108 valence electrons. The van der Waals surface area contributed by atoms with Gasteiger partial charge in [0, 0.05) is 17.0 Å². The van der Waals surface area contributed by atoms with E-state index in [0.717, 1.165) is 17.1 Å². The zero-order valence-corrected chi connectivity index (χ0v) is 12.9. The number of amides is 2. The first-order valence-electron chi connectivity index (χ1n) is 6.50. The van der Waals surface area contributed by atoms with Crippen LogP contribution in [0.15, 0.2) is 0 Å². The first kappa shape index (κ1) is 15.9. The maximum Gasteiger partial charge on any atom is 0.315 e. The van der Waals surface area contributed by atoms with Crippen molar-refractivity contribution in [1.29, 1.82) is 0 Å². The fourth-order valence-corrected chi connectivity index (χ4v) is 2.54. The average molecular weight is 285 g/mol. The third kappa shape index (κ3) is 4.80. The number of hydrogen-bond donors (Lipinski definition) is 3. The Morgan fingerprint density at radius 3 is 2.63 bits per heavy atom. The van der Waals surface area contributed by atoms with Gasteiger partial charge in [0.15, 0.2) is 0 Å². The predicted molar refractivity (Wildman–Crippen MR) is 77.4 cm³/mol. The van der Waals surface area contributed by atoms with Crippen molar-refractivity contribution in [2.45, 2.75) is 52.6 Å². The van der Waals surface area contributed by atoms with Crippen molar-refractivity contribution >= 4 is 17.4 Å². The predicted octanol–water partition coefficient (Wildman–Crippen LogP) is 2.11. The summed E-state index contributed by atoms with van der Waals surface area (Å²) in [5.74, 6) is 0. The largest absolute Gasteiger partial charge is 0.396 e. The van der Waals surface area contributed by atoms with Crippen LogP contribution in [0.3, 0.4) is 0 Å². The third-order valence-corrected chi connectivity index (χ3v) is 4.41. The number of aryl methyl sites for hydroxylation is 2. The lowest BCUT2D eigenvalue weighted by atomic mass is 9.95. The number of thiazole rings is 1. The second-order valence-electron chi connectivity index (χ2n) is 4.94. The average Bonchev–Trinajstić information content (AvgIpc) is 2.67.